The van der Waals surface area contributed by atoms with Crippen LogP contribution in [0, 0.1) is 0 Å². The molecule has 404 valence electrons. The van der Waals surface area contributed by atoms with Gasteiger partial charge in [-0.3, -0.25) is 9.59 Å². The van der Waals surface area contributed by atoms with Crippen LogP contribution in [0.15, 0.2) is 36.5 Å². The van der Waals surface area contributed by atoms with Gasteiger partial charge in [0, 0.05) is 12.8 Å². The summed E-state index contributed by atoms with van der Waals surface area (Å²) in [6.07, 6.45) is 48.1. The lowest BCUT2D eigenvalue weighted by Crippen LogP contribution is -2.60. The second-order valence-corrected chi connectivity index (χ2v) is 20.0. The summed E-state index contributed by atoms with van der Waals surface area (Å²) in [5.74, 6) is -0.212. The van der Waals surface area contributed by atoms with Crippen LogP contribution in [0.25, 0.3) is 0 Å². The Morgan fingerprint density at radius 2 is 0.942 bits per heavy atom. The molecular weight excluding hydrogens is 871 g/mol. The average Bonchev–Trinajstić information content (AvgIpc) is 3.34. The Morgan fingerprint density at radius 1 is 0.522 bits per heavy atom. The standard InChI is InChI=1S/C58H107NO10/c1-3-5-7-9-11-13-25-30-34-38-42-46-54(63)67-47-43-39-35-31-27-24-22-20-18-16-15-17-19-21-23-26-29-33-37-41-45-53(62)59-50(49-68-58-57(66)56(65)55(64)52(48-60)69-58)51(61)44-40-36-32-28-14-12-10-8-6-4-2/h9,11,15,17,40,44,50-52,55-58,60-61,64-66H,3-8,10,12-14,16,18-39,41-43,45-49H2,1-2H3,(H,59,62)/b11-9-,17-15-,44-40+. The summed E-state index contributed by atoms with van der Waals surface area (Å²) >= 11 is 0. The minimum absolute atomic E-state index is 0.0194. The molecule has 7 unspecified atom stereocenters. The Hall–Kier alpha value is -2.12. The predicted octanol–water partition coefficient (Wildman–Crippen LogP) is 12.7. The van der Waals surface area contributed by atoms with Gasteiger partial charge in [0.05, 0.1) is 32.0 Å². The Kier molecular flexibility index (Phi) is 45.3. The molecular formula is C58H107NO10. The summed E-state index contributed by atoms with van der Waals surface area (Å²) in [7, 11) is 0. The first-order valence-corrected chi connectivity index (χ1v) is 28.8. The predicted molar refractivity (Wildman–Crippen MR) is 283 cm³/mol. The van der Waals surface area contributed by atoms with E-state index in [2.05, 4.69) is 43.5 Å². The molecule has 69 heavy (non-hydrogen) atoms. The smallest absolute Gasteiger partial charge is 0.305 e. The van der Waals surface area contributed by atoms with Crippen LogP contribution in [0.4, 0.5) is 0 Å². The number of carbonyl (C=O) groups excluding carboxylic acids is 2. The number of nitrogens with one attached hydrogen (secondary N) is 1. The van der Waals surface area contributed by atoms with Gasteiger partial charge in [0.2, 0.25) is 5.91 Å². The first kappa shape index (κ1) is 64.9. The van der Waals surface area contributed by atoms with Crippen molar-refractivity contribution >= 4 is 11.9 Å². The SMILES string of the molecule is CCCC/C=C\CCCCCCCC(=O)OCCCCCCCCCCC/C=C\CCCCCCCCCC(=O)NC(COC1OC(CO)C(O)C(O)C1O)C(O)/C=C/CCCCCCCCCC. The molecule has 0 aliphatic carbocycles. The second-order valence-electron chi connectivity index (χ2n) is 20.0. The van der Waals surface area contributed by atoms with Crippen molar-refractivity contribution in [1.29, 1.82) is 0 Å². The lowest BCUT2D eigenvalue weighted by atomic mass is 9.99. The third-order valence-corrected chi connectivity index (χ3v) is 13.5. The molecule has 1 heterocycles. The highest BCUT2D eigenvalue weighted by molar-refractivity contribution is 5.76. The molecule has 1 aliphatic heterocycles. The highest BCUT2D eigenvalue weighted by Gasteiger charge is 2.44. The highest BCUT2D eigenvalue weighted by atomic mass is 16.7. The molecule has 0 aromatic heterocycles. The van der Waals surface area contributed by atoms with Gasteiger partial charge >= 0.3 is 5.97 Å². The lowest BCUT2D eigenvalue weighted by molar-refractivity contribution is -0.302. The largest absolute Gasteiger partial charge is 0.466 e. The molecule has 0 aromatic carbocycles. The van der Waals surface area contributed by atoms with Gasteiger partial charge in [0.15, 0.2) is 6.29 Å². The highest BCUT2D eigenvalue weighted by Crippen LogP contribution is 2.23. The topological polar surface area (TPSA) is 175 Å². The molecule has 0 spiro atoms. The van der Waals surface area contributed by atoms with Crippen LogP contribution in [-0.2, 0) is 23.8 Å². The van der Waals surface area contributed by atoms with E-state index in [4.69, 9.17) is 14.2 Å². The van der Waals surface area contributed by atoms with Gasteiger partial charge in [-0.1, -0.05) is 204 Å². The second kappa shape index (κ2) is 48.2. The van der Waals surface area contributed by atoms with Gasteiger partial charge in [0.1, 0.15) is 24.4 Å². The fourth-order valence-electron chi connectivity index (χ4n) is 8.82. The fraction of sp³-hybridized carbons (Fsp3) is 0.862. The summed E-state index contributed by atoms with van der Waals surface area (Å²) in [5.41, 5.74) is 0. The van der Waals surface area contributed by atoms with E-state index < -0.39 is 49.5 Å². The first-order chi connectivity index (χ1) is 33.7. The van der Waals surface area contributed by atoms with Crippen molar-refractivity contribution in [2.24, 2.45) is 0 Å². The van der Waals surface area contributed by atoms with Crippen LogP contribution in [0.5, 0.6) is 0 Å². The molecule has 1 aliphatic rings. The number of rotatable bonds is 49. The van der Waals surface area contributed by atoms with E-state index in [0.29, 0.717) is 19.4 Å². The molecule has 1 fully saturated rings. The molecule has 0 bridgehead atoms. The van der Waals surface area contributed by atoms with Crippen LogP contribution in [0.1, 0.15) is 258 Å². The molecule has 1 saturated heterocycles. The van der Waals surface area contributed by atoms with Crippen LogP contribution >= 0.6 is 0 Å². The first-order valence-electron chi connectivity index (χ1n) is 28.8. The lowest BCUT2D eigenvalue weighted by Gasteiger charge is -2.40. The van der Waals surface area contributed by atoms with E-state index in [9.17, 15) is 35.1 Å². The van der Waals surface area contributed by atoms with Crippen molar-refractivity contribution in [3.05, 3.63) is 36.5 Å². The van der Waals surface area contributed by atoms with E-state index in [1.807, 2.05) is 6.08 Å². The molecule has 0 aromatic rings. The molecule has 11 nitrogen and oxygen atoms in total. The number of carbonyl (C=O) groups is 2. The van der Waals surface area contributed by atoms with Crippen molar-refractivity contribution in [3.63, 3.8) is 0 Å². The van der Waals surface area contributed by atoms with E-state index in [-0.39, 0.29) is 18.5 Å². The number of ether oxygens (including phenoxy) is 3. The molecule has 1 rings (SSSR count). The molecule has 11 heteroatoms. The van der Waals surface area contributed by atoms with Crippen molar-refractivity contribution in [2.45, 2.75) is 301 Å². The Labute approximate surface area is 422 Å². The molecule has 7 atom stereocenters. The number of amides is 1. The Balaban J connectivity index is 2.07. The maximum Gasteiger partial charge on any atom is 0.305 e. The van der Waals surface area contributed by atoms with Crippen LogP contribution < -0.4 is 5.32 Å². The van der Waals surface area contributed by atoms with E-state index in [1.54, 1.807) is 6.08 Å². The number of hydrogen-bond donors (Lipinski definition) is 6. The molecule has 0 saturated carbocycles. The van der Waals surface area contributed by atoms with Gasteiger partial charge in [-0.2, -0.15) is 0 Å². The van der Waals surface area contributed by atoms with Crippen LogP contribution in [0.2, 0.25) is 0 Å². The van der Waals surface area contributed by atoms with E-state index in [0.717, 1.165) is 77.0 Å². The molecule has 1 amide bonds. The fourth-order valence-corrected chi connectivity index (χ4v) is 8.82. The number of allylic oxidation sites excluding steroid dienone is 5. The van der Waals surface area contributed by atoms with Gasteiger partial charge in [-0.15, -0.1) is 0 Å². The quantitative estimate of drug-likeness (QED) is 0.0196. The van der Waals surface area contributed by atoms with Gasteiger partial charge in [-0.05, 0) is 77.0 Å². The number of aliphatic hydroxyl groups is 5. The third-order valence-electron chi connectivity index (χ3n) is 13.5. The average molecular weight is 978 g/mol. The summed E-state index contributed by atoms with van der Waals surface area (Å²) in [5, 5.41) is 54.2. The normalized spacial score (nSPS) is 19.6. The summed E-state index contributed by atoms with van der Waals surface area (Å²) in [6, 6.07) is -0.815. The van der Waals surface area contributed by atoms with Crippen molar-refractivity contribution in [2.75, 3.05) is 19.8 Å². The number of hydrogen-bond acceptors (Lipinski definition) is 10. The number of esters is 1. The van der Waals surface area contributed by atoms with Crippen LogP contribution in [-0.4, -0.2) is 100 Å². The van der Waals surface area contributed by atoms with Gasteiger partial charge in [0.25, 0.3) is 0 Å². The maximum absolute atomic E-state index is 13.0. The zero-order valence-corrected chi connectivity index (χ0v) is 44.3. The van der Waals surface area contributed by atoms with E-state index >= 15 is 0 Å². The van der Waals surface area contributed by atoms with Gasteiger partial charge in [-0.25, -0.2) is 0 Å². The minimum atomic E-state index is -1.57. The van der Waals surface area contributed by atoms with Gasteiger partial charge < -0.3 is 45.1 Å². The minimum Gasteiger partial charge on any atom is -0.466 e. The van der Waals surface area contributed by atoms with Crippen molar-refractivity contribution < 1.29 is 49.3 Å². The number of aliphatic hydroxyl groups excluding tert-OH is 5. The van der Waals surface area contributed by atoms with E-state index in [1.165, 1.54) is 154 Å². The summed E-state index contributed by atoms with van der Waals surface area (Å²) < 4.78 is 16.7. The maximum atomic E-state index is 13.0. The zero-order chi connectivity index (χ0) is 50.3. The summed E-state index contributed by atoms with van der Waals surface area (Å²) in [4.78, 5) is 25.0. The Morgan fingerprint density at radius 3 is 1.43 bits per heavy atom. The number of unbranched alkanes of at least 4 members (excludes halogenated alkanes) is 31. The monoisotopic (exact) mass is 978 g/mol. The third kappa shape index (κ3) is 38.2. The van der Waals surface area contributed by atoms with Crippen LogP contribution in [0.3, 0.4) is 0 Å². The summed E-state index contributed by atoms with van der Waals surface area (Å²) in [6.45, 7) is 4.27. The van der Waals surface area contributed by atoms with Crippen molar-refractivity contribution in [3.8, 4) is 0 Å². The van der Waals surface area contributed by atoms with Crippen molar-refractivity contribution in [1.82, 2.24) is 5.32 Å². The zero-order valence-electron chi connectivity index (χ0n) is 44.3. The molecule has 0 radical (unpaired) electrons. The Bertz CT molecular complexity index is 1240. The molecule has 6 N–H and O–H groups in total.